The van der Waals surface area contributed by atoms with Gasteiger partial charge in [0.15, 0.2) is 0 Å². The van der Waals surface area contributed by atoms with E-state index in [2.05, 4.69) is 24.2 Å². The van der Waals surface area contributed by atoms with Gasteiger partial charge in [0.2, 0.25) is 0 Å². The lowest BCUT2D eigenvalue weighted by Crippen LogP contribution is -2.24. The molecule has 1 aromatic heterocycles. The Hall–Kier alpha value is -1.29. The summed E-state index contributed by atoms with van der Waals surface area (Å²) in [4.78, 5) is 14.1. The summed E-state index contributed by atoms with van der Waals surface area (Å²) in [5.74, 6) is 0. The highest BCUT2D eigenvalue weighted by Crippen LogP contribution is 2.15. The molecule has 0 amide bonds. The predicted octanol–water partition coefficient (Wildman–Crippen LogP) is 2.15. The van der Waals surface area contributed by atoms with Crippen LogP contribution in [-0.2, 0) is 6.54 Å². The van der Waals surface area contributed by atoms with Gasteiger partial charge in [0.1, 0.15) is 0 Å². The van der Waals surface area contributed by atoms with Gasteiger partial charge in [0.05, 0.1) is 5.69 Å². The largest absolute Gasteiger partial charge is 0.381 e. The highest BCUT2D eigenvalue weighted by atomic mass is 16.1. The van der Waals surface area contributed by atoms with Crippen LogP contribution in [0.25, 0.3) is 0 Å². The number of nitrogens with zero attached hydrogens (tertiary/aromatic N) is 2. The van der Waals surface area contributed by atoms with Crippen molar-refractivity contribution < 1.29 is 0 Å². The molecule has 1 aliphatic rings. The Kier molecular flexibility index (Phi) is 5.02. The maximum absolute atomic E-state index is 11.7. The van der Waals surface area contributed by atoms with Crippen molar-refractivity contribution in [3.63, 3.8) is 0 Å². The number of pyridine rings is 1. The number of aromatic nitrogens is 1. The maximum atomic E-state index is 11.7. The molecule has 1 fully saturated rings. The highest BCUT2D eigenvalue weighted by molar-refractivity contribution is 5.41. The van der Waals surface area contributed by atoms with Crippen LogP contribution in [0.2, 0.25) is 0 Å². The summed E-state index contributed by atoms with van der Waals surface area (Å²) in [6.45, 7) is 5.22. The van der Waals surface area contributed by atoms with E-state index in [0.717, 1.165) is 25.2 Å². The molecule has 1 atom stereocenters. The molecule has 1 unspecified atom stereocenters. The molecular weight excluding hydrogens is 238 g/mol. The second-order valence-corrected chi connectivity index (χ2v) is 5.52. The van der Waals surface area contributed by atoms with Crippen molar-refractivity contribution in [1.29, 1.82) is 0 Å². The smallest absolute Gasteiger partial charge is 0.250 e. The molecule has 0 aromatic carbocycles. The van der Waals surface area contributed by atoms with Gasteiger partial charge in [0.25, 0.3) is 5.56 Å². The van der Waals surface area contributed by atoms with Crippen LogP contribution in [0.1, 0.15) is 32.6 Å². The van der Waals surface area contributed by atoms with Gasteiger partial charge >= 0.3 is 0 Å². The second kappa shape index (κ2) is 6.75. The van der Waals surface area contributed by atoms with E-state index in [1.807, 2.05) is 12.3 Å². The summed E-state index contributed by atoms with van der Waals surface area (Å²) in [6, 6.07) is 4.10. The highest BCUT2D eigenvalue weighted by Gasteiger charge is 2.14. The van der Waals surface area contributed by atoms with Crippen molar-refractivity contribution >= 4 is 5.69 Å². The van der Waals surface area contributed by atoms with Crippen molar-refractivity contribution in [2.24, 2.45) is 0 Å². The zero-order valence-corrected chi connectivity index (χ0v) is 12.1. The van der Waals surface area contributed by atoms with Gasteiger partial charge in [0, 0.05) is 24.8 Å². The first-order valence-corrected chi connectivity index (χ1v) is 7.34. The summed E-state index contributed by atoms with van der Waals surface area (Å²) in [5.41, 5.74) is 1.16. The molecule has 19 heavy (non-hydrogen) atoms. The molecule has 4 heteroatoms. The molecule has 2 rings (SSSR count). The summed E-state index contributed by atoms with van der Waals surface area (Å²) < 4.78 is 1.80. The van der Waals surface area contributed by atoms with E-state index in [1.54, 1.807) is 10.6 Å². The molecule has 2 heterocycles. The lowest BCUT2D eigenvalue weighted by atomic mass is 10.1. The number of likely N-dealkylation sites (tertiary alicyclic amines) is 1. The van der Waals surface area contributed by atoms with E-state index >= 15 is 0 Å². The van der Waals surface area contributed by atoms with Crippen LogP contribution in [0.4, 0.5) is 5.69 Å². The van der Waals surface area contributed by atoms with E-state index in [1.165, 1.54) is 25.8 Å². The van der Waals surface area contributed by atoms with E-state index < -0.39 is 0 Å². The van der Waals surface area contributed by atoms with Gasteiger partial charge in [-0.25, -0.2) is 0 Å². The molecule has 1 saturated heterocycles. The topological polar surface area (TPSA) is 37.3 Å². The number of hydrogen-bond donors (Lipinski definition) is 1. The molecule has 106 valence electrons. The molecule has 0 bridgehead atoms. The molecule has 0 spiro atoms. The fourth-order valence-corrected chi connectivity index (χ4v) is 2.65. The van der Waals surface area contributed by atoms with Crippen molar-refractivity contribution in [3.05, 3.63) is 28.7 Å². The van der Waals surface area contributed by atoms with Gasteiger partial charge in [-0.1, -0.05) is 6.92 Å². The molecule has 0 aliphatic carbocycles. The molecule has 1 N–H and O–H groups in total. The molecule has 0 radical (unpaired) electrons. The fourth-order valence-electron chi connectivity index (χ4n) is 2.65. The Balaban J connectivity index is 2.02. The third kappa shape index (κ3) is 4.10. The molecule has 1 aromatic rings. The van der Waals surface area contributed by atoms with E-state index in [0.29, 0.717) is 6.04 Å². The summed E-state index contributed by atoms with van der Waals surface area (Å²) >= 11 is 0. The second-order valence-electron chi connectivity index (χ2n) is 5.52. The SMILES string of the molecule is CCCn1cc(NC2CCCN(C)CC2)ccc1=O. The van der Waals surface area contributed by atoms with Crippen LogP contribution >= 0.6 is 0 Å². The normalized spacial score (nSPS) is 21.1. The Labute approximate surface area is 115 Å². The number of aryl methyl sites for hydroxylation is 1. The lowest BCUT2D eigenvalue weighted by Gasteiger charge is -2.18. The van der Waals surface area contributed by atoms with E-state index in [-0.39, 0.29) is 5.56 Å². The number of anilines is 1. The first-order chi connectivity index (χ1) is 9.19. The first kappa shape index (κ1) is 14.1. The maximum Gasteiger partial charge on any atom is 0.250 e. The third-order valence-electron chi connectivity index (χ3n) is 3.77. The van der Waals surface area contributed by atoms with Crippen LogP contribution in [0, 0.1) is 0 Å². The minimum absolute atomic E-state index is 0.0907. The van der Waals surface area contributed by atoms with Crippen molar-refractivity contribution in [2.75, 3.05) is 25.5 Å². The minimum atomic E-state index is 0.0907. The number of nitrogens with one attached hydrogen (secondary N) is 1. The van der Waals surface area contributed by atoms with Gasteiger partial charge in [-0.15, -0.1) is 0 Å². The molecular formula is C15H25N3O. The van der Waals surface area contributed by atoms with Crippen LogP contribution < -0.4 is 10.9 Å². The van der Waals surface area contributed by atoms with Gasteiger partial charge in [-0.05, 0) is 51.9 Å². The monoisotopic (exact) mass is 263 g/mol. The molecule has 0 saturated carbocycles. The average molecular weight is 263 g/mol. The van der Waals surface area contributed by atoms with Crippen molar-refractivity contribution in [1.82, 2.24) is 9.47 Å². The van der Waals surface area contributed by atoms with Crippen LogP contribution in [0.3, 0.4) is 0 Å². The van der Waals surface area contributed by atoms with Crippen LogP contribution in [0.15, 0.2) is 23.1 Å². The third-order valence-corrected chi connectivity index (χ3v) is 3.77. The Morgan fingerprint density at radius 2 is 2.16 bits per heavy atom. The molecule has 4 nitrogen and oxygen atoms in total. The first-order valence-electron chi connectivity index (χ1n) is 7.34. The van der Waals surface area contributed by atoms with Gasteiger partial charge in [-0.2, -0.15) is 0 Å². The van der Waals surface area contributed by atoms with E-state index in [4.69, 9.17) is 0 Å². The zero-order chi connectivity index (χ0) is 13.7. The quantitative estimate of drug-likeness (QED) is 0.904. The standard InChI is InChI=1S/C15H25N3O/c1-3-9-18-12-14(6-7-15(18)19)16-13-5-4-10-17(2)11-8-13/h6-7,12-13,16H,3-5,8-11H2,1-2H3. The summed E-state index contributed by atoms with van der Waals surface area (Å²) in [7, 11) is 2.18. The van der Waals surface area contributed by atoms with Gasteiger partial charge in [-0.3, -0.25) is 4.79 Å². The predicted molar refractivity (Wildman–Crippen MR) is 79.8 cm³/mol. The van der Waals surface area contributed by atoms with Crippen LogP contribution in [-0.4, -0.2) is 35.6 Å². The number of hydrogen-bond acceptors (Lipinski definition) is 3. The molecule has 1 aliphatic heterocycles. The Morgan fingerprint density at radius 1 is 1.32 bits per heavy atom. The summed E-state index contributed by atoms with van der Waals surface area (Å²) in [6.07, 6.45) is 6.56. The fraction of sp³-hybridized carbons (Fsp3) is 0.667. The van der Waals surface area contributed by atoms with Gasteiger partial charge < -0.3 is 14.8 Å². The Bertz CT molecular complexity index is 455. The number of rotatable bonds is 4. The van der Waals surface area contributed by atoms with E-state index in [9.17, 15) is 4.79 Å². The average Bonchev–Trinajstić information content (AvgIpc) is 2.59. The van der Waals surface area contributed by atoms with Crippen molar-refractivity contribution in [2.45, 2.75) is 45.2 Å². The minimum Gasteiger partial charge on any atom is -0.381 e. The lowest BCUT2D eigenvalue weighted by molar-refractivity contribution is 0.348. The Morgan fingerprint density at radius 3 is 2.95 bits per heavy atom. The zero-order valence-electron chi connectivity index (χ0n) is 12.1. The summed E-state index contributed by atoms with van der Waals surface area (Å²) in [5, 5.41) is 3.58. The van der Waals surface area contributed by atoms with Crippen LogP contribution in [0.5, 0.6) is 0 Å². The van der Waals surface area contributed by atoms with Crippen molar-refractivity contribution in [3.8, 4) is 0 Å².